The predicted molar refractivity (Wildman–Crippen MR) is 74.3 cm³/mol. The van der Waals surface area contributed by atoms with Crippen LogP contribution < -0.4 is 0 Å². The van der Waals surface area contributed by atoms with Gasteiger partial charge in [-0.05, 0) is 30.5 Å². The van der Waals surface area contributed by atoms with Crippen molar-refractivity contribution in [2.45, 2.75) is 19.4 Å². The van der Waals surface area contributed by atoms with Crippen LogP contribution in [-0.4, -0.2) is 27.8 Å². The molecule has 1 heterocycles. The Hall–Kier alpha value is -2.43. The molecule has 1 aliphatic carbocycles. The minimum absolute atomic E-state index is 0.143. The van der Waals surface area contributed by atoms with E-state index in [1.807, 2.05) is 12.2 Å². The van der Waals surface area contributed by atoms with E-state index < -0.39 is 5.97 Å². The summed E-state index contributed by atoms with van der Waals surface area (Å²) < 4.78 is 0. The molecular weight excluding hydrogens is 270 g/mol. The number of nitrogens with zero attached hydrogens (tertiary/aromatic N) is 1. The molecule has 0 radical (unpaired) electrons. The van der Waals surface area contributed by atoms with Crippen LogP contribution in [0.2, 0.25) is 0 Å². The number of aromatic carboxylic acids is 1. The second-order valence-electron chi connectivity index (χ2n) is 5.42. The fourth-order valence-corrected chi connectivity index (χ4v) is 3.01. The summed E-state index contributed by atoms with van der Waals surface area (Å²) in [6.45, 7) is 0.145. The number of carboxylic acid groups (broad SMARTS) is 1. The number of carbonyl (C=O) groups is 3. The maximum Gasteiger partial charge on any atom is 0.335 e. The van der Waals surface area contributed by atoms with Gasteiger partial charge in [0.2, 0.25) is 11.8 Å². The van der Waals surface area contributed by atoms with Crippen molar-refractivity contribution in [3.05, 3.63) is 47.5 Å². The first-order valence-corrected chi connectivity index (χ1v) is 6.90. The molecule has 1 N–H and O–H groups in total. The summed E-state index contributed by atoms with van der Waals surface area (Å²) in [5.74, 6) is -1.80. The minimum Gasteiger partial charge on any atom is -0.478 e. The standard InChI is InChI=1S/C16H15NO4/c18-14-12-6-1-2-7-13(12)15(19)17(14)9-10-4-3-5-11(8-10)16(20)21/h1-5,8,12-13H,6-7,9H2,(H,20,21). The summed E-state index contributed by atoms with van der Waals surface area (Å²) in [5.41, 5.74) is 0.814. The van der Waals surface area contributed by atoms with Crippen LogP contribution >= 0.6 is 0 Å². The SMILES string of the molecule is O=C(O)c1cccc(CN2C(=O)C3CC=CCC3C2=O)c1. The van der Waals surface area contributed by atoms with Gasteiger partial charge in [0, 0.05) is 0 Å². The third-order valence-electron chi connectivity index (χ3n) is 4.11. The number of benzene rings is 1. The van der Waals surface area contributed by atoms with Crippen LogP contribution in [0.25, 0.3) is 0 Å². The maximum absolute atomic E-state index is 12.3. The largest absolute Gasteiger partial charge is 0.478 e. The molecule has 0 spiro atoms. The van der Waals surface area contributed by atoms with Crippen molar-refractivity contribution in [3.63, 3.8) is 0 Å². The van der Waals surface area contributed by atoms with Crippen LogP contribution in [0.15, 0.2) is 36.4 Å². The molecule has 0 saturated carbocycles. The number of hydrogen-bond acceptors (Lipinski definition) is 3. The first-order valence-electron chi connectivity index (χ1n) is 6.90. The number of rotatable bonds is 3. The summed E-state index contributed by atoms with van der Waals surface area (Å²) in [5, 5.41) is 8.99. The lowest BCUT2D eigenvalue weighted by molar-refractivity contribution is -0.140. The smallest absolute Gasteiger partial charge is 0.335 e. The molecule has 1 saturated heterocycles. The number of carbonyl (C=O) groups excluding carboxylic acids is 2. The van der Waals surface area contributed by atoms with Crippen LogP contribution in [-0.2, 0) is 16.1 Å². The number of hydrogen-bond donors (Lipinski definition) is 1. The highest BCUT2D eigenvalue weighted by Gasteiger charge is 2.46. The normalized spacial score (nSPS) is 24.3. The highest BCUT2D eigenvalue weighted by atomic mass is 16.4. The van der Waals surface area contributed by atoms with Crippen LogP contribution in [0, 0.1) is 11.8 Å². The highest BCUT2D eigenvalue weighted by molar-refractivity contribution is 6.05. The van der Waals surface area contributed by atoms with E-state index in [4.69, 9.17) is 5.11 Å². The number of fused-ring (bicyclic) bond motifs is 1. The average molecular weight is 285 g/mol. The average Bonchev–Trinajstić information content (AvgIpc) is 2.73. The van der Waals surface area contributed by atoms with Crippen molar-refractivity contribution >= 4 is 17.8 Å². The van der Waals surface area contributed by atoms with E-state index in [0.29, 0.717) is 18.4 Å². The van der Waals surface area contributed by atoms with E-state index in [0.717, 1.165) is 0 Å². The molecule has 1 aromatic rings. The van der Waals surface area contributed by atoms with Crippen molar-refractivity contribution in [1.29, 1.82) is 0 Å². The summed E-state index contributed by atoms with van der Waals surface area (Å²) in [6.07, 6.45) is 5.11. The fourth-order valence-electron chi connectivity index (χ4n) is 3.01. The second-order valence-corrected chi connectivity index (χ2v) is 5.42. The molecular formula is C16H15NO4. The zero-order valence-electron chi connectivity index (χ0n) is 11.4. The first kappa shape index (κ1) is 13.5. The van der Waals surface area contributed by atoms with E-state index in [1.165, 1.54) is 17.0 Å². The van der Waals surface area contributed by atoms with Crippen LogP contribution in [0.1, 0.15) is 28.8 Å². The van der Waals surface area contributed by atoms with E-state index in [1.54, 1.807) is 12.1 Å². The molecule has 2 atom stereocenters. The van der Waals surface area contributed by atoms with Crippen molar-refractivity contribution in [2.24, 2.45) is 11.8 Å². The van der Waals surface area contributed by atoms with Gasteiger partial charge in [-0.1, -0.05) is 24.3 Å². The van der Waals surface area contributed by atoms with E-state index >= 15 is 0 Å². The van der Waals surface area contributed by atoms with Gasteiger partial charge < -0.3 is 5.11 Å². The zero-order valence-corrected chi connectivity index (χ0v) is 11.4. The Kier molecular flexibility index (Phi) is 3.33. The predicted octanol–water partition coefficient (Wildman–Crippen LogP) is 1.84. The van der Waals surface area contributed by atoms with E-state index in [-0.39, 0.29) is 35.8 Å². The molecule has 3 rings (SSSR count). The Bertz CT molecular complexity index is 623. The Balaban J connectivity index is 1.82. The molecule has 1 aliphatic heterocycles. The van der Waals surface area contributed by atoms with Gasteiger partial charge in [0.15, 0.2) is 0 Å². The van der Waals surface area contributed by atoms with Gasteiger partial charge in [-0.25, -0.2) is 4.79 Å². The van der Waals surface area contributed by atoms with Crippen molar-refractivity contribution in [3.8, 4) is 0 Å². The quantitative estimate of drug-likeness (QED) is 0.679. The zero-order chi connectivity index (χ0) is 15.0. The summed E-state index contributed by atoms with van der Waals surface area (Å²) >= 11 is 0. The lowest BCUT2D eigenvalue weighted by atomic mass is 9.85. The third kappa shape index (κ3) is 2.35. The van der Waals surface area contributed by atoms with Crippen molar-refractivity contribution in [1.82, 2.24) is 4.90 Å². The fraction of sp³-hybridized carbons (Fsp3) is 0.312. The van der Waals surface area contributed by atoms with Gasteiger partial charge in [0.1, 0.15) is 0 Å². The highest BCUT2D eigenvalue weighted by Crippen LogP contribution is 2.35. The molecule has 1 aromatic carbocycles. The Morgan fingerprint density at radius 2 is 1.76 bits per heavy atom. The molecule has 5 heteroatoms. The van der Waals surface area contributed by atoms with Crippen LogP contribution in [0.5, 0.6) is 0 Å². The lowest BCUT2D eigenvalue weighted by Crippen LogP contribution is -2.30. The van der Waals surface area contributed by atoms with Crippen molar-refractivity contribution < 1.29 is 19.5 Å². The van der Waals surface area contributed by atoms with Gasteiger partial charge >= 0.3 is 5.97 Å². The summed E-state index contributed by atoms with van der Waals surface area (Å²) in [4.78, 5) is 36.9. The molecule has 2 unspecified atom stereocenters. The van der Waals surface area contributed by atoms with Crippen LogP contribution in [0.4, 0.5) is 0 Å². The molecule has 2 amide bonds. The lowest BCUT2D eigenvalue weighted by Gasteiger charge is -2.15. The Morgan fingerprint density at radius 3 is 2.33 bits per heavy atom. The Morgan fingerprint density at radius 1 is 1.14 bits per heavy atom. The summed E-state index contributed by atoms with van der Waals surface area (Å²) in [6, 6.07) is 6.35. The van der Waals surface area contributed by atoms with Crippen molar-refractivity contribution in [2.75, 3.05) is 0 Å². The van der Waals surface area contributed by atoms with Gasteiger partial charge in [-0.15, -0.1) is 0 Å². The molecule has 1 fully saturated rings. The van der Waals surface area contributed by atoms with Gasteiger partial charge in [-0.2, -0.15) is 0 Å². The van der Waals surface area contributed by atoms with Gasteiger partial charge in [0.25, 0.3) is 0 Å². The maximum atomic E-state index is 12.3. The minimum atomic E-state index is -1.02. The number of carboxylic acids is 1. The number of amides is 2. The van der Waals surface area contributed by atoms with E-state index in [2.05, 4.69) is 0 Å². The number of imide groups is 1. The molecule has 108 valence electrons. The van der Waals surface area contributed by atoms with Gasteiger partial charge in [-0.3, -0.25) is 14.5 Å². The monoisotopic (exact) mass is 285 g/mol. The molecule has 2 aliphatic rings. The molecule has 5 nitrogen and oxygen atoms in total. The molecule has 0 bridgehead atoms. The molecule has 0 aromatic heterocycles. The Labute approximate surface area is 121 Å². The van der Waals surface area contributed by atoms with Crippen LogP contribution in [0.3, 0.4) is 0 Å². The first-order chi connectivity index (χ1) is 10.1. The topological polar surface area (TPSA) is 74.7 Å². The van der Waals surface area contributed by atoms with E-state index in [9.17, 15) is 14.4 Å². The number of likely N-dealkylation sites (tertiary alicyclic amines) is 1. The summed E-state index contributed by atoms with van der Waals surface area (Å²) in [7, 11) is 0. The number of allylic oxidation sites excluding steroid dienone is 2. The second kappa shape index (κ2) is 5.16. The van der Waals surface area contributed by atoms with Gasteiger partial charge in [0.05, 0.1) is 23.9 Å². The molecule has 21 heavy (non-hydrogen) atoms. The third-order valence-corrected chi connectivity index (χ3v) is 4.11.